The van der Waals surface area contributed by atoms with Gasteiger partial charge in [0.1, 0.15) is 12.1 Å². The molecule has 1 aliphatic heterocycles. The highest BCUT2D eigenvalue weighted by molar-refractivity contribution is 5.86. The number of hydrogen-bond acceptors (Lipinski definition) is 5. The van der Waals surface area contributed by atoms with E-state index in [0.717, 1.165) is 4.57 Å². The molecule has 8 heteroatoms. The summed E-state index contributed by atoms with van der Waals surface area (Å²) in [7, 11) is 0. The minimum atomic E-state index is -0.561. The minimum absolute atomic E-state index is 0.241. The van der Waals surface area contributed by atoms with Crippen LogP contribution >= 0.6 is 0 Å². The van der Waals surface area contributed by atoms with Crippen molar-refractivity contribution < 1.29 is 4.84 Å². The van der Waals surface area contributed by atoms with Gasteiger partial charge in [-0.25, -0.2) is 14.3 Å². The van der Waals surface area contributed by atoms with E-state index in [2.05, 4.69) is 20.1 Å². The highest BCUT2D eigenvalue weighted by Gasteiger charge is 2.17. The molecule has 0 radical (unpaired) electrons. The fraction of sp³-hybridized carbons (Fsp3) is 0.250. The molecular formula is C8H7N5O3. The Bertz CT molecular complexity index is 691. The van der Waals surface area contributed by atoms with Crippen LogP contribution in [0.4, 0.5) is 0 Å². The zero-order chi connectivity index (χ0) is 11.1. The quantitative estimate of drug-likeness (QED) is 0.594. The molecule has 0 atom stereocenters. The van der Waals surface area contributed by atoms with Gasteiger partial charge in [-0.05, 0) is 0 Å². The lowest BCUT2D eigenvalue weighted by atomic mass is 10.4. The Morgan fingerprint density at radius 1 is 1.44 bits per heavy atom. The number of rotatable bonds is 0. The minimum Gasteiger partial charge on any atom is -0.394 e. The number of oxime groups is 1. The molecule has 0 amide bonds. The van der Waals surface area contributed by atoms with Gasteiger partial charge in [0.05, 0.1) is 6.33 Å². The number of nitrogens with one attached hydrogen (secondary N) is 2. The van der Waals surface area contributed by atoms with E-state index in [0.29, 0.717) is 18.9 Å². The van der Waals surface area contributed by atoms with Gasteiger partial charge in [0.2, 0.25) is 0 Å². The van der Waals surface area contributed by atoms with Gasteiger partial charge >= 0.3 is 5.69 Å². The number of H-pyrrole nitrogens is 2. The maximum Gasteiger partial charge on any atom is 0.335 e. The van der Waals surface area contributed by atoms with E-state index in [1.165, 1.54) is 6.33 Å². The number of nitrogens with zero attached hydrogens (tertiary/aromatic N) is 3. The smallest absolute Gasteiger partial charge is 0.335 e. The van der Waals surface area contributed by atoms with Crippen molar-refractivity contribution in [1.82, 2.24) is 19.5 Å². The van der Waals surface area contributed by atoms with Crippen molar-refractivity contribution in [2.75, 3.05) is 6.61 Å². The molecule has 0 aromatic carbocycles. The molecule has 2 N–H and O–H groups in total. The molecule has 8 nitrogen and oxygen atoms in total. The highest BCUT2D eigenvalue weighted by atomic mass is 16.6. The average molecular weight is 221 g/mol. The first kappa shape index (κ1) is 8.89. The molecule has 16 heavy (non-hydrogen) atoms. The maximum atomic E-state index is 11.9. The second kappa shape index (κ2) is 3.05. The van der Waals surface area contributed by atoms with Gasteiger partial charge in [-0.3, -0.25) is 9.78 Å². The molecular weight excluding hydrogens is 214 g/mol. The third-order valence-corrected chi connectivity index (χ3v) is 2.33. The van der Waals surface area contributed by atoms with E-state index in [9.17, 15) is 9.59 Å². The lowest BCUT2D eigenvalue weighted by Gasteiger charge is -2.00. The van der Waals surface area contributed by atoms with Gasteiger partial charge < -0.3 is 9.82 Å². The summed E-state index contributed by atoms with van der Waals surface area (Å²) in [6.07, 6.45) is 1.78. The molecule has 2 aromatic heterocycles. The van der Waals surface area contributed by atoms with E-state index in [-0.39, 0.29) is 11.2 Å². The first-order chi connectivity index (χ1) is 7.77. The maximum absolute atomic E-state index is 11.9. The van der Waals surface area contributed by atoms with Gasteiger partial charge in [0.25, 0.3) is 5.56 Å². The van der Waals surface area contributed by atoms with Crippen molar-refractivity contribution >= 4 is 17.0 Å². The molecule has 0 bridgehead atoms. The summed E-state index contributed by atoms with van der Waals surface area (Å²) in [6, 6.07) is 0. The van der Waals surface area contributed by atoms with Crippen LogP contribution in [0.15, 0.2) is 21.1 Å². The first-order valence-electron chi connectivity index (χ1n) is 4.65. The van der Waals surface area contributed by atoms with E-state index in [4.69, 9.17) is 4.84 Å². The molecule has 0 spiro atoms. The molecule has 0 fully saturated rings. The molecule has 0 aliphatic carbocycles. The van der Waals surface area contributed by atoms with E-state index in [1.807, 2.05) is 0 Å². The highest BCUT2D eigenvalue weighted by Crippen LogP contribution is 2.01. The molecule has 3 heterocycles. The van der Waals surface area contributed by atoms with Crippen LogP contribution in [0.5, 0.6) is 0 Å². The average Bonchev–Trinajstić information content (AvgIpc) is 2.87. The molecule has 82 valence electrons. The third kappa shape index (κ3) is 1.09. The van der Waals surface area contributed by atoms with E-state index in [1.54, 1.807) is 0 Å². The van der Waals surface area contributed by atoms with Gasteiger partial charge in [0, 0.05) is 6.42 Å². The van der Waals surface area contributed by atoms with Gasteiger partial charge in [-0.2, -0.15) is 0 Å². The Kier molecular flexibility index (Phi) is 1.70. The first-order valence-corrected chi connectivity index (χ1v) is 4.65. The number of imidazole rings is 1. The van der Waals surface area contributed by atoms with Crippen molar-refractivity contribution in [2.24, 2.45) is 5.16 Å². The largest absolute Gasteiger partial charge is 0.394 e. The second-order valence-corrected chi connectivity index (χ2v) is 3.29. The van der Waals surface area contributed by atoms with Crippen molar-refractivity contribution in [1.29, 1.82) is 0 Å². The number of fused-ring (bicyclic) bond motifs is 1. The molecule has 0 unspecified atom stereocenters. The SMILES string of the molecule is O=c1[nH]c2nc[nH]c2c(=O)n1C1=NOCC1. The number of aromatic amines is 2. The molecule has 0 saturated carbocycles. The Balaban J connectivity index is 2.39. The fourth-order valence-corrected chi connectivity index (χ4v) is 1.60. The van der Waals surface area contributed by atoms with Crippen LogP contribution < -0.4 is 11.2 Å². The Labute approximate surface area is 87.6 Å². The van der Waals surface area contributed by atoms with Crippen LogP contribution in [-0.4, -0.2) is 32.0 Å². The predicted molar refractivity (Wildman–Crippen MR) is 54.4 cm³/mol. The fourth-order valence-electron chi connectivity index (χ4n) is 1.60. The van der Waals surface area contributed by atoms with Gasteiger partial charge in [-0.15, -0.1) is 0 Å². The van der Waals surface area contributed by atoms with Gasteiger partial charge in [-0.1, -0.05) is 5.16 Å². The second-order valence-electron chi connectivity index (χ2n) is 3.29. The topological polar surface area (TPSA) is 105 Å². The van der Waals surface area contributed by atoms with Crippen molar-refractivity contribution in [3.63, 3.8) is 0 Å². The standard InChI is InChI=1S/C8H7N5O3/c14-7-5-6(10-3-9-5)11-8(15)13(7)4-1-2-16-12-4/h3H,1-2H2,(H,9,10)(H,11,15). The summed E-state index contributed by atoms with van der Waals surface area (Å²) in [6.45, 7) is 0.377. The van der Waals surface area contributed by atoms with Crippen LogP contribution in [0.3, 0.4) is 0 Å². The zero-order valence-corrected chi connectivity index (χ0v) is 8.06. The number of hydrogen-bond donors (Lipinski definition) is 2. The van der Waals surface area contributed by atoms with Crippen LogP contribution in [0.25, 0.3) is 11.2 Å². The Morgan fingerprint density at radius 3 is 3.06 bits per heavy atom. The van der Waals surface area contributed by atoms with Crippen molar-refractivity contribution in [3.8, 4) is 0 Å². The van der Waals surface area contributed by atoms with Gasteiger partial charge in [0.15, 0.2) is 11.5 Å². The Hall–Kier alpha value is -2.38. The lowest BCUT2D eigenvalue weighted by Crippen LogP contribution is -2.39. The summed E-state index contributed by atoms with van der Waals surface area (Å²) in [5.41, 5.74) is -0.547. The summed E-state index contributed by atoms with van der Waals surface area (Å²) in [5.74, 6) is 0.308. The summed E-state index contributed by atoms with van der Waals surface area (Å²) < 4.78 is 0.952. The van der Waals surface area contributed by atoms with Crippen LogP contribution in [0.1, 0.15) is 6.42 Å². The summed E-state index contributed by atoms with van der Waals surface area (Å²) in [4.78, 5) is 37.3. The monoisotopic (exact) mass is 221 g/mol. The number of aromatic nitrogens is 4. The van der Waals surface area contributed by atoms with Crippen molar-refractivity contribution in [2.45, 2.75) is 6.42 Å². The lowest BCUT2D eigenvalue weighted by molar-refractivity contribution is 0.173. The molecule has 1 aliphatic rings. The van der Waals surface area contributed by atoms with Crippen LogP contribution in [0.2, 0.25) is 0 Å². The summed E-state index contributed by atoms with van der Waals surface area (Å²) in [5, 5.41) is 3.64. The zero-order valence-electron chi connectivity index (χ0n) is 8.06. The predicted octanol–water partition coefficient (Wildman–Crippen LogP) is -1.01. The van der Waals surface area contributed by atoms with Crippen molar-refractivity contribution in [3.05, 3.63) is 27.2 Å². The van der Waals surface area contributed by atoms with Crippen LogP contribution in [-0.2, 0) is 4.84 Å². The molecule has 2 aromatic rings. The Morgan fingerprint density at radius 2 is 2.31 bits per heavy atom. The van der Waals surface area contributed by atoms with E-state index >= 15 is 0 Å². The third-order valence-electron chi connectivity index (χ3n) is 2.33. The molecule has 0 saturated heterocycles. The molecule has 3 rings (SSSR count). The summed E-state index contributed by atoms with van der Waals surface area (Å²) >= 11 is 0. The van der Waals surface area contributed by atoms with Crippen LogP contribution in [0, 0.1) is 0 Å². The van der Waals surface area contributed by atoms with E-state index < -0.39 is 11.2 Å². The normalized spacial score (nSPS) is 15.1.